The molecule has 1 aliphatic carbocycles. The van der Waals surface area contributed by atoms with Gasteiger partial charge >= 0.3 is 5.97 Å². The van der Waals surface area contributed by atoms with E-state index in [1.807, 2.05) is 36.4 Å². The number of fused-ring (bicyclic) bond motifs is 3. The minimum atomic E-state index is -0.573. The first-order valence-electron chi connectivity index (χ1n) is 12.4. The van der Waals surface area contributed by atoms with Crippen molar-refractivity contribution in [1.82, 2.24) is 5.32 Å². The maximum absolute atomic E-state index is 13.4. The van der Waals surface area contributed by atoms with Gasteiger partial charge in [0.25, 0.3) is 5.91 Å². The fourth-order valence-electron chi connectivity index (χ4n) is 5.85. The molecule has 2 heterocycles. The van der Waals surface area contributed by atoms with E-state index < -0.39 is 17.9 Å². The Bertz CT molecular complexity index is 1430. The molecule has 0 aromatic heterocycles. The zero-order chi connectivity index (χ0) is 27.3. The maximum atomic E-state index is 13.4. The molecule has 1 N–H and O–H groups in total. The topological polar surface area (TPSA) is 102 Å². The zero-order valence-corrected chi connectivity index (χ0v) is 23.1. The highest BCUT2D eigenvalue weighted by atomic mass is 79.9. The summed E-state index contributed by atoms with van der Waals surface area (Å²) in [7, 11) is 4.64. The van der Waals surface area contributed by atoms with Gasteiger partial charge in [-0.25, -0.2) is 0 Å². The molecule has 3 aromatic carbocycles. The Morgan fingerprint density at radius 1 is 0.897 bits per heavy atom. The number of benzene rings is 3. The van der Waals surface area contributed by atoms with E-state index in [0.717, 1.165) is 21.2 Å². The molecule has 10 heteroatoms. The molecule has 0 saturated carbocycles. The lowest BCUT2D eigenvalue weighted by Gasteiger charge is -2.39. The van der Waals surface area contributed by atoms with Crippen LogP contribution in [0.4, 0.5) is 0 Å². The van der Waals surface area contributed by atoms with Gasteiger partial charge in [-0.2, -0.15) is 0 Å². The van der Waals surface area contributed by atoms with Crippen molar-refractivity contribution in [3.8, 4) is 28.7 Å². The summed E-state index contributed by atoms with van der Waals surface area (Å²) in [4.78, 5) is 26.7. The van der Waals surface area contributed by atoms with Gasteiger partial charge in [0.15, 0.2) is 23.0 Å². The molecule has 4 atom stereocenters. The summed E-state index contributed by atoms with van der Waals surface area (Å²) in [6.45, 7) is 0.265. The Balaban J connectivity index is 1.51. The van der Waals surface area contributed by atoms with Crippen molar-refractivity contribution < 1.29 is 38.0 Å². The first-order valence-corrected chi connectivity index (χ1v) is 13.2. The van der Waals surface area contributed by atoms with Crippen LogP contribution in [0.3, 0.4) is 0 Å². The number of hydrogen-bond donors (Lipinski definition) is 1. The normalized spacial score (nSPS) is 22.4. The van der Waals surface area contributed by atoms with Crippen LogP contribution in [0.15, 0.2) is 53.0 Å². The molecular weight excluding hydrogens is 570 g/mol. The number of methoxy groups -OCH3 is 3. The van der Waals surface area contributed by atoms with Gasteiger partial charge in [-0.1, -0.05) is 15.9 Å². The fraction of sp³-hybridized carbons (Fsp3) is 0.310. The number of carbonyl (C=O) groups excluding carboxylic acids is 2. The highest BCUT2D eigenvalue weighted by Gasteiger charge is 2.53. The molecule has 1 unspecified atom stereocenters. The minimum absolute atomic E-state index is 0.0951. The van der Waals surface area contributed by atoms with Crippen molar-refractivity contribution in [2.24, 2.45) is 11.8 Å². The second-order valence-electron chi connectivity index (χ2n) is 9.55. The van der Waals surface area contributed by atoms with Crippen molar-refractivity contribution in [2.75, 3.05) is 34.7 Å². The number of ether oxygens (including phenoxy) is 6. The van der Waals surface area contributed by atoms with Crippen LogP contribution in [-0.4, -0.2) is 46.6 Å². The minimum Gasteiger partial charge on any atom is -0.493 e. The van der Waals surface area contributed by atoms with Crippen LogP contribution < -0.4 is 29.0 Å². The molecular formula is C29H26BrNO8. The number of halogens is 1. The van der Waals surface area contributed by atoms with E-state index >= 15 is 0 Å². The monoisotopic (exact) mass is 595 g/mol. The van der Waals surface area contributed by atoms with Gasteiger partial charge < -0.3 is 33.7 Å². The van der Waals surface area contributed by atoms with Crippen LogP contribution in [0, 0.1) is 11.8 Å². The van der Waals surface area contributed by atoms with Crippen LogP contribution in [0.2, 0.25) is 0 Å². The van der Waals surface area contributed by atoms with Crippen molar-refractivity contribution >= 4 is 27.8 Å². The fourth-order valence-corrected chi connectivity index (χ4v) is 6.12. The summed E-state index contributed by atoms with van der Waals surface area (Å²) >= 11 is 3.41. The average Bonchev–Trinajstić information content (AvgIpc) is 3.57. The van der Waals surface area contributed by atoms with Crippen molar-refractivity contribution in [2.45, 2.75) is 12.0 Å². The average molecular weight is 596 g/mol. The van der Waals surface area contributed by atoms with Crippen LogP contribution in [-0.2, 0) is 9.53 Å². The number of rotatable bonds is 6. The van der Waals surface area contributed by atoms with E-state index in [0.29, 0.717) is 34.3 Å². The molecule has 0 radical (unpaired) electrons. The first kappa shape index (κ1) is 25.4. The molecule has 0 spiro atoms. The molecule has 202 valence electrons. The molecule has 9 nitrogen and oxygen atoms in total. The standard InChI is InChI=1S/C29H26BrNO8/c1-34-22-8-15(9-23(35-2)27(22)36-3)24-17-10-20-21(39-13-38-20)11-18(17)26(19-12-37-29(33)25(19)24)31-28(32)14-4-6-16(30)7-5-14/h4-11,19,24-26H,12-13H2,1-3H3,(H,31,32)/t19-,24+,25?,26+/m0/s1. The van der Waals surface area contributed by atoms with Crippen molar-refractivity contribution in [1.29, 1.82) is 0 Å². The summed E-state index contributed by atoms with van der Waals surface area (Å²) in [6.07, 6.45) is 0. The van der Waals surface area contributed by atoms with Crippen LogP contribution in [0.5, 0.6) is 28.7 Å². The van der Waals surface area contributed by atoms with Crippen LogP contribution in [0.1, 0.15) is 39.0 Å². The Labute approximate surface area is 233 Å². The molecule has 39 heavy (non-hydrogen) atoms. The Morgan fingerprint density at radius 2 is 1.54 bits per heavy atom. The van der Waals surface area contributed by atoms with Gasteiger partial charge in [0, 0.05) is 21.9 Å². The SMILES string of the molecule is COc1cc([C@@H]2c3cc4c(cc3[C@@H](NC(=O)c3ccc(Br)cc3)[C@H]3COC(=O)C23)OCO4)cc(OC)c1OC. The van der Waals surface area contributed by atoms with Gasteiger partial charge in [-0.3, -0.25) is 9.59 Å². The Kier molecular flexibility index (Phi) is 6.50. The third-order valence-corrected chi connectivity index (χ3v) is 8.15. The third kappa shape index (κ3) is 4.23. The summed E-state index contributed by atoms with van der Waals surface area (Å²) in [6, 6.07) is 14.1. The number of carbonyl (C=O) groups is 2. The van der Waals surface area contributed by atoms with Crippen LogP contribution in [0.25, 0.3) is 0 Å². The number of nitrogens with one attached hydrogen (secondary N) is 1. The zero-order valence-electron chi connectivity index (χ0n) is 21.5. The van der Waals surface area contributed by atoms with Crippen molar-refractivity contribution in [3.05, 3.63) is 75.3 Å². The van der Waals surface area contributed by atoms with E-state index in [1.165, 1.54) is 0 Å². The lowest BCUT2D eigenvalue weighted by molar-refractivity contribution is -0.141. The van der Waals surface area contributed by atoms with E-state index in [-0.39, 0.29) is 31.2 Å². The predicted octanol–water partition coefficient (Wildman–Crippen LogP) is 4.61. The van der Waals surface area contributed by atoms with Gasteiger partial charge in [-0.15, -0.1) is 0 Å². The molecule has 0 bridgehead atoms. The lowest BCUT2D eigenvalue weighted by atomic mass is 9.65. The number of amides is 1. The van der Waals surface area contributed by atoms with E-state index in [9.17, 15) is 9.59 Å². The smallest absolute Gasteiger partial charge is 0.310 e. The maximum Gasteiger partial charge on any atom is 0.310 e. The number of hydrogen-bond acceptors (Lipinski definition) is 8. The highest BCUT2D eigenvalue weighted by Crippen LogP contribution is 2.55. The number of cyclic esters (lactones) is 1. The third-order valence-electron chi connectivity index (χ3n) is 7.63. The summed E-state index contributed by atoms with van der Waals surface area (Å²) < 4.78 is 34.7. The molecule has 1 saturated heterocycles. The summed E-state index contributed by atoms with van der Waals surface area (Å²) in [5.74, 6) is 0.665. The second-order valence-corrected chi connectivity index (χ2v) is 10.5. The Morgan fingerprint density at radius 3 is 2.15 bits per heavy atom. The number of esters is 1. The predicted molar refractivity (Wildman–Crippen MR) is 143 cm³/mol. The summed E-state index contributed by atoms with van der Waals surface area (Å²) in [5, 5.41) is 3.18. The largest absolute Gasteiger partial charge is 0.493 e. The molecule has 2 aliphatic heterocycles. The molecule has 3 aliphatic rings. The Hall–Kier alpha value is -3.92. The highest BCUT2D eigenvalue weighted by molar-refractivity contribution is 9.10. The molecule has 3 aromatic rings. The van der Waals surface area contributed by atoms with E-state index in [1.54, 1.807) is 33.5 Å². The molecule has 6 rings (SSSR count). The molecule has 1 fully saturated rings. The van der Waals surface area contributed by atoms with Gasteiger partial charge in [0.2, 0.25) is 12.5 Å². The van der Waals surface area contributed by atoms with E-state index in [4.69, 9.17) is 28.4 Å². The molecule has 1 amide bonds. The first-order chi connectivity index (χ1) is 18.9. The lowest BCUT2D eigenvalue weighted by Crippen LogP contribution is -2.42. The quantitative estimate of drug-likeness (QED) is 0.412. The van der Waals surface area contributed by atoms with Gasteiger partial charge in [0.05, 0.1) is 39.9 Å². The van der Waals surface area contributed by atoms with Crippen LogP contribution >= 0.6 is 15.9 Å². The van der Waals surface area contributed by atoms with Gasteiger partial charge in [-0.05, 0) is 65.2 Å². The summed E-state index contributed by atoms with van der Waals surface area (Å²) in [5.41, 5.74) is 2.96. The van der Waals surface area contributed by atoms with Gasteiger partial charge in [0.1, 0.15) is 0 Å². The second kappa shape index (κ2) is 10.00. The van der Waals surface area contributed by atoms with E-state index in [2.05, 4.69) is 21.2 Å². The van der Waals surface area contributed by atoms with Crippen molar-refractivity contribution in [3.63, 3.8) is 0 Å².